The van der Waals surface area contributed by atoms with Crippen molar-refractivity contribution in [3.8, 4) is 11.5 Å². The Morgan fingerprint density at radius 2 is 1.59 bits per heavy atom. The molecule has 0 saturated heterocycles. The molecule has 0 aliphatic carbocycles. The minimum absolute atomic E-state index is 0.199. The summed E-state index contributed by atoms with van der Waals surface area (Å²) >= 11 is 0. The van der Waals surface area contributed by atoms with Crippen molar-refractivity contribution in [3.63, 3.8) is 0 Å². The summed E-state index contributed by atoms with van der Waals surface area (Å²) in [4.78, 5) is 27.0. The number of fused-ring (bicyclic) bond motifs is 1. The SMILES string of the molecule is CCCCCCOc1c(OC/C=C(\C)CCC=C(C)C)c(=O)n(CCCCCC)c2cc(NC(=O)C=Cc3ccccc3)ccc12. The van der Waals surface area contributed by atoms with Crippen LogP contribution in [0.25, 0.3) is 17.0 Å². The number of carbonyl (C=O) groups excluding carboxylic acids is 1. The van der Waals surface area contributed by atoms with Gasteiger partial charge in [0.2, 0.25) is 11.7 Å². The van der Waals surface area contributed by atoms with Gasteiger partial charge in [-0.2, -0.15) is 0 Å². The average molecular weight is 627 g/mol. The van der Waals surface area contributed by atoms with E-state index in [1.165, 1.54) is 17.2 Å². The number of pyridine rings is 1. The van der Waals surface area contributed by atoms with Crippen molar-refractivity contribution < 1.29 is 14.3 Å². The second-order valence-electron chi connectivity index (χ2n) is 12.2. The van der Waals surface area contributed by atoms with Crippen molar-refractivity contribution in [2.75, 3.05) is 18.5 Å². The van der Waals surface area contributed by atoms with Crippen molar-refractivity contribution >= 4 is 28.6 Å². The van der Waals surface area contributed by atoms with Crippen LogP contribution in [0, 0.1) is 0 Å². The van der Waals surface area contributed by atoms with Gasteiger partial charge in [-0.15, -0.1) is 0 Å². The van der Waals surface area contributed by atoms with Gasteiger partial charge in [0.15, 0.2) is 5.75 Å². The number of ether oxygens (including phenoxy) is 2. The maximum absolute atomic E-state index is 14.1. The number of carbonyl (C=O) groups is 1. The van der Waals surface area contributed by atoms with Crippen LogP contribution in [-0.2, 0) is 11.3 Å². The van der Waals surface area contributed by atoms with Crippen LogP contribution >= 0.6 is 0 Å². The normalized spacial score (nSPS) is 11.6. The van der Waals surface area contributed by atoms with E-state index >= 15 is 0 Å². The van der Waals surface area contributed by atoms with Crippen LogP contribution in [0.15, 0.2) is 82.7 Å². The molecular formula is C40H54N2O4. The van der Waals surface area contributed by atoms with E-state index < -0.39 is 0 Å². The van der Waals surface area contributed by atoms with Crippen LogP contribution in [0.1, 0.15) is 104 Å². The Morgan fingerprint density at radius 3 is 2.30 bits per heavy atom. The first kappa shape index (κ1) is 36.4. The van der Waals surface area contributed by atoms with Gasteiger partial charge in [0.05, 0.1) is 12.1 Å². The van der Waals surface area contributed by atoms with Gasteiger partial charge in [-0.25, -0.2) is 0 Å². The van der Waals surface area contributed by atoms with Crippen LogP contribution in [0.5, 0.6) is 11.5 Å². The highest BCUT2D eigenvalue weighted by atomic mass is 16.5. The lowest BCUT2D eigenvalue weighted by molar-refractivity contribution is -0.111. The van der Waals surface area contributed by atoms with Crippen LogP contribution in [0.3, 0.4) is 0 Å². The predicted molar refractivity (Wildman–Crippen MR) is 194 cm³/mol. The number of hydrogen-bond donors (Lipinski definition) is 1. The third-order valence-corrected chi connectivity index (χ3v) is 7.90. The molecule has 0 unspecified atom stereocenters. The number of amides is 1. The number of anilines is 1. The number of rotatable bonds is 20. The smallest absolute Gasteiger partial charge is 0.297 e. The highest BCUT2D eigenvalue weighted by Crippen LogP contribution is 2.35. The van der Waals surface area contributed by atoms with Crippen molar-refractivity contribution in [1.82, 2.24) is 4.57 Å². The number of aromatic nitrogens is 1. The third-order valence-electron chi connectivity index (χ3n) is 7.90. The van der Waals surface area contributed by atoms with Crippen molar-refractivity contribution in [2.45, 2.75) is 105 Å². The Labute approximate surface area is 276 Å². The zero-order valence-electron chi connectivity index (χ0n) is 28.7. The molecule has 46 heavy (non-hydrogen) atoms. The first-order valence-electron chi connectivity index (χ1n) is 17.1. The van der Waals surface area contributed by atoms with Crippen molar-refractivity contribution in [2.24, 2.45) is 0 Å². The number of nitrogens with zero attached hydrogens (tertiary/aromatic N) is 1. The Kier molecular flexibility index (Phi) is 15.9. The van der Waals surface area contributed by atoms with Crippen molar-refractivity contribution in [1.29, 1.82) is 0 Å². The number of aryl methyl sites for hydroxylation is 1. The average Bonchev–Trinajstić information content (AvgIpc) is 3.04. The molecule has 1 N–H and O–H groups in total. The summed E-state index contributed by atoms with van der Waals surface area (Å²) in [5.41, 5.74) is 4.64. The van der Waals surface area contributed by atoms with E-state index in [0.717, 1.165) is 80.7 Å². The molecule has 0 spiro atoms. The van der Waals surface area contributed by atoms with Gasteiger partial charge >= 0.3 is 0 Å². The molecule has 0 fully saturated rings. The predicted octanol–water partition coefficient (Wildman–Crippen LogP) is 10.3. The summed E-state index contributed by atoms with van der Waals surface area (Å²) in [5.74, 6) is 0.507. The number of unbranched alkanes of at least 4 members (excludes halogenated alkanes) is 6. The maximum Gasteiger partial charge on any atom is 0.297 e. The van der Waals surface area contributed by atoms with Crippen molar-refractivity contribution in [3.05, 3.63) is 93.8 Å². The molecule has 248 valence electrons. The fourth-order valence-corrected chi connectivity index (χ4v) is 5.25. The largest absolute Gasteiger partial charge is 0.489 e. The highest BCUT2D eigenvalue weighted by Gasteiger charge is 2.20. The second kappa shape index (κ2) is 20.1. The zero-order valence-corrected chi connectivity index (χ0v) is 28.7. The molecule has 0 atom stereocenters. The second-order valence-corrected chi connectivity index (χ2v) is 12.2. The van der Waals surface area contributed by atoms with Gasteiger partial charge in [-0.3, -0.25) is 9.59 Å². The molecule has 6 heteroatoms. The lowest BCUT2D eigenvalue weighted by Gasteiger charge is -2.19. The molecule has 0 aliphatic heterocycles. The molecule has 6 nitrogen and oxygen atoms in total. The van der Waals surface area contributed by atoms with Crippen LogP contribution in [-0.4, -0.2) is 23.7 Å². The molecule has 1 heterocycles. The number of hydrogen-bond acceptors (Lipinski definition) is 4. The van der Waals surface area contributed by atoms with Gasteiger partial charge < -0.3 is 19.4 Å². The van der Waals surface area contributed by atoms with Gasteiger partial charge in [-0.05, 0) is 82.4 Å². The Morgan fingerprint density at radius 1 is 0.848 bits per heavy atom. The van der Waals surface area contributed by atoms with E-state index in [1.54, 1.807) is 10.6 Å². The lowest BCUT2D eigenvalue weighted by Crippen LogP contribution is -2.24. The fourth-order valence-electron chi connectivity index (χ4n) is 5.25. The monoisotopic (exact) mass is 626 g/mol. The molecule has 1 aromatic heterocycles. The topological polar surface area (TPSA) is 69.6 Å². The fraction of sp³-hybridized carbons (Fsp3) is 0.450. The molecule has 2 aromatic carbocycles. The molecular weight excluding hydrogens is 572 g/mol. The molecule has 3 rings (SSSR count). The third kappa shape index (κ3) is 12.0. The molecule has 0 radical (unpaired) electrons. The van der Waals surface area contributed by atoms with E-state index in [-0.39, 0.29) is 17.2 Å². The summed E-state index contributed by atoms with van der Waals surface area (Å²) in [6, 6.07) is 15.4. The highest BCUT2D eigenvalue weighted by molar-refractivity contribution is 6.03. The first-order valence-corrected chi connectivity index (χ1v) is 17.1. The summed E-state index contributed by atoms with van der Waals surface area (Å²) in [6.07, 6.45) is 17.9. The molecule has 3 aromatic rings. The summed E-state index contributed by atoms with van der Waals surface area (Å²) < 4.78 is 14.4. The van der Waals surface area contributed by atoms with E-state index in [1.807, 2.05) is 48.5 Å². The summed E-state index contributed by atoms with van der Waals surface area (Å²) in [6.45, 7) is 12.0. The molecule has 0 bridgehead atoms. The zero-order chi connectivity index (χ0) is 33.1. The minimum Gasteiger partial charge on any atom is -0.489 e. The Hall–Kier alpha value is -4.06. The van der Waals surface area contributed by atoms with Crippen LogP contribution in [0.4, 0.5) is 5.69 Å². The summed E-state index contributed by atoms with van der Waals surface area (Å²) in [7, 11) is 0. The minimum atomic E-state index is -0.237. The molecule has 1 amide bonds. The number of nitrogens with one attached hydrogen (secondary N) is 1. The van der Waals surface area contributed by atoms with E-state index in [2.05, 4.69) is 52.1 Å². The van der Waals surface area contributed by atoms with Gasteiger partial charge in [0.25, 0.3) is 5.56 Å². The molecule has 0 saturated carbocycles. The Bertz CT molecular complexity index is 1530. The van der Waals surface area contributed by atoms with Crippen LogP contribution < -0.4 is 20.3 Å². The van der Waals surface area contributed by atoms with Gasteiger partial charge in [-0.1, -0.05) is 99.9 Å². The Balaban J connectivity index is 1.98. The summed E-state index contributed by atoms with van der Waals surface area (Å²) in [5, 5.41) is 3.78. The van der Waals surface area contributed by atoms with E-state index in [9.17, 15) is 9.59 Å². The first-order chi connectivity index (χ1) is 22.3. The lowest BCUT2D eigenvalue weighted by atomic mass is 10.1. The number of benzene rings is 2. The standard InChI is InChI=1S/C40H54N2O4/c1-6-8-10-15-27-42-36-30-34(41-37(43)25-22-33-20-13-12-14-21-33)23-24-35(36)38(45-28-16-11-9-7-2)39(40(42)44)46-29-26-32(5)19-17-18-31(3)4/h12-14,18,20-26,30H,6-11,15-17,19,27-29H2,1-5H3,(H,41,43)/b25-22?,32-26+. The van der Waals surface area contributed by atoms with E-state index in [4.69, 9.17) is 9.47 Å². The van der Waals surface area contributed by atoms with Gasteiger partial charge in [0.1, 0.15) is 6.61 Å². The van der Waals surface area contributed by atoms with Crippen LogP contribution in [0.2, 0.25) is 0 Å². The van der Waals surface area contributed by atoms with E-state index in [0.29, 0.717) is 31.2 Å². The maximum atomic E-state index is 14.1. The van der Waals surface area contributed by atoms with Gasteiger partial charge in [0, 0.05) is 23.7 Å². The quantitative estimate of drug-likeness (QED) is 0.0770. The number of allylic oxidation sites excluding steroid dienone is 3. The molecule has 0 aliphatic rings.